The number of carbonyl (C=O) groups excluding carboxylic acids is 1. The lowest BCUT2D eigenvalue weighted by atomic mass is 9.94. The zero-order valence-corrected chi connectivity index (χ0v) is 16.0. The number of aromatic nitrogens is 3. The zero-order valence-electron chi connectivity index (χ0n) is 15.2. The number of nitrogens with zero attached hydrogens (tertiary/aromatic N) is 3. The molecule has 2 rings (SSSR count). The molecule has 0 aliphatic rings. The lowest BCUT2D eigenvalue weighted by Crippen LogP contribution is -2.47. The molecule has 5 nitrogen and oxygen atoms in total. The first-order valence-electron chi connectivity index (χ1n) is 8.33. The lowest BCUT2D eigenvalue weighted by molar-refractivity contribution is -0.119. The van der Waals surface area contributed by atoms with Gasteiger partial charge in [-0.05, 0) is 25.3 Å². The molecule has 0 unspecified atom stereocenters. The van der Waals surface area contributed by atoms with Crippen LogP contribution in [0, 0.1) is 19.3 Å². The molecule has 0 saturated carbocycles. The van der Waals surface area contributed by atoms with Crippen molar-refractivity contribution < 1.29 is 4.79 Å². The fraction of sp³-hybridized carbons (Fsp3) is 0.421. The van der Waals surface area contributed by atoms with Crippen LogP contribution in [0.5, 0.6) is 0 Å². The predicted molar refractivity (Wildman–Crippen MR) is 102 cm³/mol. The van der Waals surface area contributed by atoms with Crippen molar-refractivity contribution >= 4 is 17.7 Å². The molecule has 0 spiro atoms. The Morgan fingerprint density at radius 1 is 1.32 bits per heavy atom. The van der Waals surface area contributed by atoms with E-state index in [4.69, 9.17) is 6.42 Å². The van der Waals surface area contributed by atoms with Gasteiger partial charge in [-0.1, -0.05) is 55.8 Å². The second kappa shape index (κ2) is 8.21. The standard InChI is InChI=1S/C19H24N4OS/c1-6-19(7-2,8-3)20-16(24)13-25-18-22-21-17(23(18)5)15-12-10-9-11-14(15)4/h1,9-12H,7-8,13H2,2-5H3,(H,20,24). The molecule has 132 valence electrons. The maximum atomic E-state index is 12.3. The average molecular weight is 356 g/mol. The fourth-order valence-corrected chi connectivity index (χ4v) is 3.31. The summed E-state index contributed by atoms with van der Waals surface area (Å²) in [5, 5.41) is 12.2. The van der Waals surface area contributed by atoms with Gasteiger partial charge in [-0.3, -0.25) is 4.79 Å². The van der Waals surface area contributed by atoms with Gasteiger partial charge in [0.15, 0.2) is 11.0 Å². The second-order valence-electron chi connectivity index (χ2n) is 5.95. The van der Waals surface area contributed by atoms with Gasteiger partial charge in [0.2, 0.25) is 5.91 Å². The third-order valence-corrected chi connectivity index (χ3v) is 5.44. The first-order valence-corrected chi connectivity index (χ1v) is 9.32. The number of aryl methyl sites for hydroxylation is 1. The molecule has 0 aliphatic carbocycles. The second-order valence-corrected chi connectivity index (χ2v) is 6.89. The van der Waals surface area contributed by atoms with Crippen molar-refractivity contribution in [2.75, 3.05) is 5.75 Å². The van der Waals surface area contributed by atoms with Crippen LogP contribution in [-0.4, -0.2) is 32.0 Å². The van der Waals surface area contributed by atoms with Crippen molar-refractivity contribution in [3.63, 3.8) is 0 Å². The molecule has 0 bridgehead atoms. The van der Waals surface area contributed by atoms with E-state index in [2.05, 4.69) is 21.4 Å². The highest BCUT2D eigenvalue weighted by atomic mass is 32.2. The van der Waals surface area contributed by atoms with E-state index in [1.54, 1.807) is 0 Å². The Balaban J connectivity index is 2.07. The Hall–Kier alpha value is -2.26. The first kappa shape index (κ1) is 19.1. The third kappa shape index (κ3) is 4.23. The smallest absolute Gasteiger partial charge is 0.231 e. The van der Waals surface area contributed by atoms with Crippen molar-refractivity contribution in [1.29, 1.82) is 0 Å². The minimum Gasteiger partial charge on any atom is -0.339 e. The average Bonchev–Trinajstić information content (AvgIpc) is 2.99. The van der Waals surface area contributed by atoms with Gasteiger partial charge < -0.3 is 9.88 Å². The van der Waals surface area contributed by atoms with Crippen LogP contribution in [0.3, 0.4) is 0 Å². The van der Waals surface area contributed by atoms with E-state index in [0.29, 0.717) is 18.0 Å². The molecule has 1 aromatic heterocycles. The van der Waals surface area contributed by atoms with Gasteiger partial charge in [-0.25, -0.2) is 0 Å². The van der Waals surface area contributed by atoms with Gasteiger partial charge in [0, 0.05) is 12.6 Å². The van der Waals surface area contributed by atoms with Gasteiger partial charge in [0.25, 0.3) is 0 Å². The van der Waals surface area contributed by atoms with E-state index in [1.165, 1.54) is 11.8 Å². The summed E-state index contributed by atoms with van der Waals surface area (Å²) in [4.78, 5) is 12.3. The zero-order chi connectivity index (χ0) is 18.4. The summed E-state index contributed by atoms with van der Waals surface area (Å²) in [6.45, 7) is 6.00. The summed E-state index contributed by atoms with van der Waals surface area (Å²) in [5.41, 5.74) is 1.61. The summed E-state index contributed by atoms with van der Waals surface area (Å²) in [7, 11) is 1.91. The monoisotopic (exact) mass is 356 g/mol. The molecule has 1 aromatic carbocycles. The van der Waals surface area contributed by atoms with Gasteiger partial charge in [-0.2, -0.15) is 0 Å². The van der Waals surface area contributed by atoms with E-state index in [-0.39, 0.29) is 11.7 Å². The number of carbonyl (C=O) groups is 1. The van der Waals surface area contributed by atoms with Gasteiger partial charge in [0.05, 0.1) is 5.75 Å². The lowest BCUT2D eigenvalue weighted by Gasteiger charge is -2.26. The molecule has 2 aromatic rings. The maximum absolute atomic E-state index is 12.3. The molecule has 1 N–H and O–H groups in total. The molecule has 25 heavy (non-hydrogen) atoms. The fourth-order valence-electron chi connectivity index (χ4n) is 2.60. The van der Waals surface area contributed by atoms with E-state index in [9.17, 15) is 4.79 Å². The van der Waals surface area contributed by atoms with Crippen molar-refractivity contribution in [1.82, 2.24) is 20.1 Å². The van der Waals surface area contributed by atoms with Gasteiger partial charge in [-0.15, -0.1) is 16.6 Å². The number of hydrogen-bond acceptors (Lipinski definition) is 4. The van der Waals surface area contributed by atoms with Gasteiger partial charge in [0.1, 0.15) is 5.54 Å². The minimum atomic E-state index is -0.566. The van der Waals surface area contributed by atoms with Crippen molar-refractivity contribution in [2.45, 2.75) is 44.3 Å². The quantitative estimate of drug-likeness (QED) is 0.611. The van der Waals surface area contributed by atoms with Crippen LogP contribution in [0.1, 0.15) is 32.3 Å². The van der Waals surface area contributed by atoms with Crippen LogP contribution in [0.2, 0.25) is 0 Å². The van der Waals surface area contributed by atoms with E-state index in [0.717, 1.165) is 17.0 Å². The molecule has 0 saturated heterocycles. The van der Waals surface area contributed by atoms with E-state index in [1.807, 2.05) is 56.7 Å². The maximum Gasteiger partial charge on any atom is 0.231 e. The third-order valence-electron chi connectivity index (χ3n) is 4.42. The number of hydrogen-bond donors (Lipinski definition) is 1. The predicted octanol–water partition coefficient (Wildman–Crippen LogP) is 3.19. The van der Waals surface area contributed by atoms with Crippen LogP contribution < -0.4 is 5.32 Å². The summed E-state index contributed by atoms with van der Waals surface area (Å²) in [6, 6.07) is 8.03. The Labute approximate surface area is 153 Å². The number of thioether (sulfide) groups is 1. The molecule has 0 fully saturated rings. The highest BCUT2D eigenvalue weighted by molar-refractivity contribution is 7.99. The van der Waals surface area contributed by atoms with E-state index >= 15 is 0 Å². The summed E-state index contributed by atoms with van der Waals surface area (Å²) in [6.07, 6.45) is 7.00. The molecule has 0 radical (unpaired) electrons. The van der Waals surface area contributed by atoms with Crippen LogP contribution in [0.4, 0.5) is 0 Å². The first-order chi connectivity index (χ1) is 12.0. The van der Waals surface area contributed by atoms with Gasteiger partial charge >= 0.3 is 0 Å². The SMILES string of the molecule is C#CC(CC)(CC)NC(=O)CSc1nnc(-c2ccccc2C)n1C. The van der Waals surface area contributed by atoms with Crippen LogP contribution in [-0.2, 0) is 11.8 Å². The Bertz CT molecular complexity index is 787. The normalized spacial score (nSPS) is 11.2. The molecule has 6 heteroatoms. The molecule has 1 amide bonds. The molecular formula is C19H24N4OS. The molecule has 1 heterocycles. The highest BCUT2D eigenvalue weighted by Gasteiger charge is 2.25. The largest absolute Gasteiger partial charge is 0.339 e. The van der Waals surface area contributed by atoms with Crippen LogP contribution in [0.25, 0.3) is 11.4 Å². The molecule has 0 aliphatic heterocycles. The summed E-state index contributed by atoms with van der Waals surface area (Å²) >= 11 is 1.36. The Morgan fingerprint density at radius 2 is 2.00 bits per heavy atom. The number of nitrogens with one attached hydrogen (secondary N) is 1. The van der Waals surface area contributed by atoms with Crippen LogP contribution >= 0.6 is 11.8 Å². The number of amides is 1. The summed E-state index contributed by atoms with van der Waals surface area (Å²) < 4.78 is 1.91. The topological polar surface area (TPSA) is 59.8 Å². The number of benzene rings is 1. The van der Waals surface area contributed by atoms with Crippen molar-refractivity contribution in [2.24, 2.45) is 7.05 Å². The van der Waals surface area contributed by atoms with Crippen LogP contribution in [0.15, 0.2) is 29.4 Å². The number of terminal acetylenes is 1. The number of rotatable bonds is 7. The highest BCUT2D eigenvalue weighted by Crippen LogP contribution is 2.25. The molecule has 0 atom stereocenters. The minimum absolute atomic E-state index is 0.0907. The molecular weight excluding hydrogens is 332 g/mol. The summed E-state index contributed by atoms with van der Waals surface area (Å²) in [5.74, 6) is 3.67. The Morgan fingerprint density at radius 3 is 2.60 bits per heavy atom. The van der Waals surface area contributed by atoms with E-state index < -0.39 is 5.54 Å². The Kier molecular flexibility index (Phi) is 6.27. The van der Waals surface area contributed by atoms with Crippen molar-refractivity contribution in [3.05, 3.63) is 29.8 Å². The van der Waals surface area contributed by atoms with Crippen molar-refractivity contribution in [3.8, 4) is 23.7 Å².